The highest BCUT2D eigenvalue weighted by atomic mass is 15.2. The lowest BCUT2D eigenvalue weighted by molar-refractivity contribution is 0.402. The largest absolute Gasteiger partial charge is 0.271 e. The van der Waals surface area contributed by atoms with Crippen molar-refractivity contribution in [3.05, 3.63) is 34.9 Å². The Bertz CT molecular complexity index is 440. The molecule has 1 aromatic rings. The van der Waals surface area contributed by atoms with Gasteiger partial charge in [-0.1, -0.05) is 57.0 Å². The van der Waals surface area contributed by atoms with E-state index in [0.29, 0.717) is 22.8 Å². The predicted octanol–water partition coefficient (Wildman–Crippen LogP) is 3.36. The van der Waals surface area contributed by atoms with Crippen molar-refractivity contribution in [1.82, 2.24) is 5.43 Å². The minimum Gasteiger partial charge on any atom is -0.271 e. The number of hydrogen-bond donors (Lipinski definition) is 2. The van der Waals surface area contributed by atoms with Crippen LogP contribution in [0.2, 0.25) is 0 Å². The van der Waals surface area contributed by atoms with Crippen LogP contribution in [0.1, 0.15) is 44.4 Å². The van der Waals surface area contributed by atoms with E-state index in [-0.39, 0.29) is 0 Å². The van der Waals surface area contributed by atoms with Crippen molar-refractivity contribution in [3.8, 4) is 0 Å². The van der Waals surface area contributed by atoms with Gasteiger partial charge in [-0.15, -0.1) is 0 Å². The summed E-state index contributed by atoms with van der Waals surface area (Å²) in [4.78, 5) is 0. The summed E-state index contributed by atoms with van der Waals surface area (Å²) >= 11 is 0. The van der Waals surface area contributed by atoms with Gasteiger partial charge in [0.25, 0.3) is 0 Å². The van der Waals surface area contributed by atoms with E-state index in [9.17, 15) is 0 Å². The first-order valence-corrected chi connectivity index (χ1v) is 7.23. The smallest absolute Gasteiger partial charge is 0.0289 e. The van der Waals surface area contributed by atoms with E-state index < -0.39 is 0 Å². The molecule has 1 aliphatic rings. The zero-order chi connectivity index (χ0) is 14.4. The summed E-state index contributed by atoms with van der Waals surface area (Å²) in [6.45, 7) is 13.7. The van der Waals surface area contributed by atoms with Crippen LogP contribution in [0.15, 0.2) is 18.2 Å². The Kier molecular flexibility index (Phi) is 3.53. The first-order chi connectivity index (χ1) is 8.70. The Morgan fingerprint density at radius 1 is 1.05 bits per heavy atom. The molecule has 0 radical (unpaired) electrons. The molecule has 0 bridgehead atoms. The van der Waals surface area contributed by atoms with Crippen LogP contribution in [0.5, 0.6) is 0 Å². The van der Waals surface area contributed by atoms with Gasteiger partial charge in [-0.3, -0.25) is 11.3 Å². The van der Waals surface area contributed by atoms with Crippen LogP contribution in [0.25, 0.3) is 0 Å². The molecule has 0 aromatic heterocycles. The predicted molar refractivity (Wildman–Crippen MR) is 81.8 cm³/mol. The van der Waals surface area contributed by atoms with E-state index in [1.165, 1.54) is 16.7 Å². The molecule has 1 atom stereocenters. The molecule has 19 heavy (non-hydrogen) atoms. The van der Waals surface area contributed by atoms with E-state index in [1.807, 2.05) is 0 Å². The van der Waals surface area contributed by atoms with Gasteiger partial charge in [-0.2, -0.15) is 0 Å². The molecule has 1 saturated carbocycles. The Balaban J connectivity index is 2.17. The molecule has 0 heterocycles. The molecule has 0 saturated heterocycles. The highest BCUT2D eigenvalue weighted by molar-refractivity contribution is 5.30. The Morgan fingerprint density at radius 3 is 1.89 bits per heavy atom. The fourth-order valence-corrected chi connectivity index (χ4v) is 3.97. The number of rotatable bonds is 4. The van der Waals surface area contributed by atoms with Crippen LogP contribution in [0.4, 0.5) is 0 Å². The molecule has 0 aliphatic heterocycles. The van der Waals surface area contributed by atoms with Crippen molar-refractivity contribution in [2.75, 3.05) is 0 Å². The SMILES string of the molecule is Cc1cc(C)cc(CC(NN)C2C(C)(C)C2(C)C)c1. The highest BCUT2D eigenvalue weighted by Gasteiger charge is 2.66. The minimum atomic E-state index is 0.353. The summed E-state index contributed by atoms with van der Waals surface area (Å²) in [6, 6.07) is 7.13. The second-order valence-corrected chi connectivity index (χ2v) is 7.39. The molecule has 1 aliphatic carbocycles. The molecule has 1 unspecified atom stereocenters. The monoisotopic (exact) mass is 260 g/mol. The van der Waals surface area contributed by atoms with Crippen LogP contribution in [0, 0.1) is 30.6 Å². The van der Waals surface area contributed by atoms with Crippen LogP contribution in [-0.4, -0.2) is 6.04 Å². The molecule has 3 N–H and O–H groups in total. The summed E-state index contributed by atoms with van der Waals surface area (Å²) in [5.41, 5.74) is 7.85. The van der Waals surface area contributed by atoms with Crippen molar-refractivity contribution < 1.29 is 0 Å². The fraction of sp³-hybridized carbons (Fsp3) is 0.647. The minimum absolute atomic E-state index is 0.353. The van der Waals surface area contributed by atoms with Crippen molar-refractivity contribution in [3.63, 3.8) is 0 Å². The number of nitrogens with two attached hydrogens (primary N) is 1. The summed E-state index contributed by atoms with van der Waals surface area (Å²) in [5.74, 6) is 6.46. The van der Waals surface area contributed by atoms with Gasteiger partial charge in [-0.25, -0.2) is 0 Å². The number of hydrogen-bond acceptors (Lipinski definition) is 2. The highest BCUT2D eigenvalue weighted by Crippen LogP contribution is 2.69. The summed E-state index contributed by atoms with van der Waals surface area (Å²) in [5, 5.41) is 0. The van der Waals surface area contributed by atoms with Crippen molar-refractivity contribution in [2.24, 2.45) is 22.6 Å². The van der Waals surface area contributed by atoms with E-state index in [1.54, 1.807) is 0 Å². The molecular formula is C17H28N2. The van der Waals surface area contributed by atoms with Gasteiger partial charge in [0.05, 0.1) is 0 Å². The number of hydrazine groups is 1. The topological polar surface area (TPSA) is 38.0 Å². The molecule has 1 aromatic carbocycles. The lowest BCUT2D eigenvalue weighted by Gasteiger charge is -2.19. The number of aryl methyl sites for hydroxylation is 2. The number of nitrogens with one attached hydrogen (secondary N) is 1. The third kappa shape index (κ3) is 2.44. The summed E-state index contributed by atoms with van der Waals surface area (Å²) in [6.07, 6.45) is 1.01. The van der Waals surface area contributed by atoms with E-state index in [0.717, 1.165) is 6.42 Å². The Hall–Kier alpha value is -0.860. The molecule has 0 spiro atoms. The van der Waals surface area contributed by atoms with Crippen LogP contribution < -0.4 is 11.3 Å². The van der Waals surface area contributed by atoms with Gasteiger partial charge in [0, 0.05) is 6.04 Å². The van der Waals surface area contributed by atoms with Crippen LogP contribution in [-0.2, 0) is 6.42 Å². The van der Waals surface area contributed by atoms with Gasteiger partial charge in [-0.05, 0) is 42.6 Å². The van der Waals surface area contributed by atoms with Crippen molar-refractivity contribution >= 4 is 0 Å². The maximum Gasteiger partial charge on any atom is 0.0289 e. The lowest BCUT2D eigenvalue weighted by Crippen LogP contribution is -2.40. The first-order valence-electron chi connectivity index (χ1n) is 7.23. The average Bonchev–Trinajstić information content (AvgIpc) is 2.65. The first kappa shape index (κ1) is 14.5. The molecular weight excluding hydrogens is 232 g/mol. The van der Waals surface area contributed by atoms with Gasteiger partial charge in [0.1, 0.15) is 0 Å². The molecule has 106 valence electrons. The van der Waals surface area contributed by atoms with Crippen LogP contribution >= 0.6 is 0 Å². The fourth-order valence-electron chi connectivity index (χ4n) is 3.97. The van der Waals surface area contributed by atoms with E-state index in [2.05, 4.69) is 65.2 Å². The third-order valence-corrected chi connectivity index (χ3v) is 5.49. The second-order valence-electron chi connectivity index (χ2n) is 7.39. The van der Waals surface area contributed by atoms with Gasteiger partial charge >= 0.3 is 0 Å². The standard InChI is InChI=1S/C17H28N2/c1-11-7-12(2)9-13(8-11)10-14(19-18)15-16(3,4)17(15,5)6/h7-9,14-15,19H,10,18H2,1-6H3. The lowest BCUT2D eigenvalue weighted by atomic mass is 9.95. The Morgan fingerprint density at radius 2 is 1.53 bits per heavy atom. The summed E-state index contributed by atoms with van der Waals surface area (Å²) < 4.78 is 0. The van der Waals surface area contributed by atoms with E-state index >= 15 is 0 Å². The molecule has 2 heteroatoms. The molecule has 0 amide bonds. The van der Waals surface area contributed by atoms with Gasteiger partial charge in [0.15, 0.2) is 0 Å². The maximum atomic E-state index is 5.83. The molecule has 1 fully saturated rings. The van der Waals surface area contributed by atoms with Gasteiger partial charge < -0.3 is 0 Å². The Labute approximate surface area is 117 Å². The van der Waals surface area contributed by atoms with E-state index in [4.69, 9.17) is 5.84 Å². The van der Waals surface area contributed by atoms with Crippen LogP contribution in [0.3, 0.4) is 0 Å². The van der Waals surface area contributed by atoms with Crippen molar-refractivity contribution in [2.45, 2.75) is 54.0 Å². The normalized spacial score (nSPS) is 22.3. The van der Waals surface area contributed by atoms with Gasteiger partial charge in [0.2, 0.25) is 0 Å². The average molecular weight is 260 g/mol. The zero-order valence-electron chi connectivity index (χ0n) is 13.2. The number of benzene rings is 1. The van der Waals surface area contributed by atoms with Crippen molar-refractivity contribution in [1.29, 1.82) is 0 Å². The molecule has 2 rings (SSSR count). The quantitative estimate of drug-likeness (QED) is 0.643. The zero-order valence-corrected chi connectivity index (χ0v) is 13.2. The summed E-state index contributed by atoms with van der Waals surface area (Å²) in [7, 11) is 0. The third-order valence-electron chi connectivity index (χ3n) is 5.49. The maximum absolute atomic E-state index is 5.83. The second kappa shape index (κ2) is 4.60. The molecule has 2 nitrogen and oxygen atoms in total.